The summed E-state index contributed by atoms with van der Waals surface area (Å²) in [6, 6.07) is 11.8. The van der Waals surface area contributed by atoms with Crippen LogP contribution in [0.3, 0.4) is 0 Å². The average Bonchev–Trinajstić information content (AvgIpc) is 2.54. The number of rotatable bonds is 3. The van der Waals surface area contributed by atoms with Gasteiger partial charge < -0.3 is 5.73 Å². The molecule has 23 heavy (non-hydrogen) atoms. The summed E-state index contributed by atoms with van der Waals surface area (Å²) in [5.74, 6) is 0.139. The van der Waals surface area contributed by atoms with Gasteiger partial charge in [0.15, 0.2) is 0 Å². The molecule has 0 spiro atoms. The molecule has 1 aromatic carbocycles. The second-order valence-electron chi connectivity index (χ2n) is 5.24. The summed E-state index contributed by atoms with van der Waals surface area (Å²) < 4.78 is 0. The van der Waals surface area contributed by atoms with Gasteiger partial charge in [-0.2, -0.15) is 0 Å². The largest absolute Gasteiger partial charge is 0.366 e. The van der Waals surface area contributed by atoms with E-state index in [1.165, 1.54) is 5.56 Å². The van der Waals surface area contributed by atoms with Crippen molar-refractivity contribution < 1.29 is 0 Å². The van der Waals surface area contributed by atoms with Crippen LogP contribution in [0.4, 0.5) is 5.95 Å². The van der Waals surface area contributed by atoms with Gasteiger partial charge in [0.1, 0.15) is 16.5 Å². The molecule has 0 aliphatic heterocycles. The zero-order chi connectivity index (χ0) is 16.4. The van der Waals surface area contributed by atoms with Crippen molar-refractivity contribution in [1.82, 2.24) is 20.2 Å². The van der Waals surface area contributed by atoms with Crippen LogP contribution in [0.2, 0.25) is 5.15 Å². The summed E-state index contributed by atoms with van der Waals surface area (Å²) in [5.41, 5.74) is 10.9. The van der Waals surface area contributed by atoms with E-state index >= 15 is 0 Å². The molecule has 0 saturated carbocycles. The van der Waals surface area contributed by atoms with Crippen molar-refractivity contribution in [2.24, 2.45) is 0 Å². The van der Waals surface area contributed by atoms with Gasteiger partial charge in [-0.05, 0) is 31.0 Å². The van der Waals surface area contributed by atoms with Gasteiger partial charge >= 0.3 is 0 Å². The molecule has 6 heteroatoms. The fourth-order valence-electron chi connectivity index (χ4n) is 2.40. The highest BCUT2D eigenvalue weighted by atomic mass is 35.5. The van der Waals surface area contributed by atoms with Gasteiger partial charge in [0.25, 0.3) is 0 Å². The van der Waals surface area contributed by atoms with Crippen molar-refractivity contribution in [3.63, 3.8) is 0 Å². The third-order valence-corrected chi connectivity index (χ3v) is 3.73. The van der Waals surface area contributed by atoms with Gasteiger partial charge in [0.2, 0.25) is 5.95 Å². The highest BCUT2D eigenvalue weighted by Crippen LogP contribution is 2.30. The van der Waals surface area contributed by atoms with Crippen LogP contribution in [0.15, 0.2) is 36.4 Å². The molecule has 3 aromatic rings. The summed E-state index contributed by atoms with van der Waals surface area (Å²) >= 11 is 6.06. The number of nitrogens with two attached hydrogens (primary N) is 1. The van der Waals surface area contributed by atoms with E-state index in [2.05, 4.69) is 39.2 Å². The maximum atomic E-state index is 6.06. The number of nitrogens with zero attached hydrogens (tertiary/aromatic N) is 4. The highest BCUT2D eigenvalue weighted by Gasteiger charge is 2.14. The molecule has 0 amide bonds. The Bertz CT molecular complexity index is 826. The minimum Gasteiger partial charge on any atom is -0.366 e. The number of pyridine rings is 1. The predicted molar refractivity (Wildman–Crippen MR) is 92.0 cm³/mol. The Morgan fingerprint density at radius 3 is 2.35 bits per heavy atom. The lowest BCUT2D eigenvalue weighted by Gasteiger charge is -2.09. The Kier molecular flexibility index (Phi) is 4.21. The van der Waals surface area contributed by atoms with E-state index in [4.69, 9.17) is 17.3 Å². The smallest absolute Gasteiger partial charge is 0.240 e. The molecule has 2 heterocycles. The predicted octanol–water partition coefficient (Wildman–Crippen LogP) is 3.71. The van der Waals surface area contributed by atoms with Gasteiger partial charge in [0.05, 0.1) is 0 Å². The van der Waals surface area contributed by atoms with E-state index in [-0.39, 0.29) is 5.95 Å². The Hall–Kier alpha value is -2.53. The van der Waals surface area contributed by atoms with Crippen LogP contribution in [-0.4, -0.2) is 20.2 Å². The molecule has 0 aliphatic rings. The van der Waals surface area contributed by atoms with E-state index < -0.39 is 0 Å². The zero-order valence-corrected chi connectivity index (χ0v) is 13.7. The van der Waals surface area contributed by atoms with Gasteiger partial charge in [-0.1, -0.05) is 42.8 Å². The maximum absolute atomic E-state index is 6.06. The van der Waals surface area contributed by atoms with Crippen molar-refractivity contribution in [2.75, 3.05) is 5.73 Å². The van der Waals surface area contributed by atoms with Crippen LogP contribution >= 0.6 is 11.6 Å². The molecule has 0 fully saturated rings. The van der Waals surface area contributed by atoms with E-state index in [0.717, 1.165) is 23.2 Å². The van der Waals surface area contributed by atoms with Crippen molar-refractivity contribution in [2.45, 2.75) is 20.3 Å². The molecule has 0 bridgehead atoms. The van der Waals surface area contributed by atoms with Crippen LogP contribution in [-0.2, 0) is 6.42 Å². The fraction of sp³-hybridized carbons (Fsp3) is 0.176. The summed E-state index contributed by atoms with van der Waals surface area (Å²) in [4.78, 5) is 8.55. The summed E-state index contributed by atoms with van der Waals surface area (Å²) in [7, 11) is 0. The molecule has 116 valence electrons. The number of anilines is 1. The molecule has 0 unspecified atom stereocenters. The number of nitrogen functional groups attached to an aromatic ring is 1. The molecule has 0 radical (unpaired) electrons. The molecule has 5 nitrogen and oxygen atoms in total. The summed E-state index contributed by atoms with van der Waals surface area (Å²) in [6.07, 6.45) is 0.983. The SMILES string of the molecule is CCc1ccc(-c2nc(N)nnc2-c2cc(C)nc(Cl)c2)cc1. The van der Waals surface area contributed by atoms with Crippen LogP contribution in [0.5, 0.6) is 0 Å². The number of benzene rings is 1. The van der Waals surface area contributed by atoms with Gasteiger partial charge in [-0.3, -0.25) is 0 Å². The van der Waals surface area contributed by atoms with Crippen LogP contribution in [0.25, 0.3) is 22.5 Å². The standard InChI is InChI=1S/C17H16ClN5/c1-3-11-4-6-12(7-5-11)15-16(22-23-17(19)21-15)13-8-10(2)20-14(18)9-13/h4-9H,3H2,1-2H3,(H2,19,21,23). The lowest BCUT2D eigenvalue weighted by Crippen LogP contribution is -2.02. The first-order valence-electron chi connectivity index (χ1n) is 7.31. The minimum absolute atomic E-state index is 0.139. The lowest BCUT2D eigenvalue weighted by molar-refractivity contribution is 0.995. The molecular formula is C17H16ClN5. The topological polar surface area (TPSA) is 77.6 Å². The van der Waals surface area contributed by atoms with Gasteiger partial charge in [-0.25, -0.2) is 9.97 Å². The second kappa shape index (κ2) is 6.30. The molecule has 2 aromatic heterocycles. The average molecular weight is 326 g/mol. The first-order chi connectivity index (χ1) is 11.1. The van der Waals surface area contributed by atoms with Crippen molar-refractivity contribution >= 4 is 17.5 Å². The quantitative estimate of drug-likeness (QED) is 0.743. The van der Waals surface area contributed by atoms with E-state index in [1.807, 2.05) is 25.1 Å². The molecular weight excluding hydrogens is 310 g/mol. The summed E-state index contributed by atoms with van der Waals surface area (Å²) in [5, 5.41) is 8.52. The molecule has 0 saturated heterocycles. The zero-order valence-electron chi connectivity index (χ0n) is 12.9. The number of aromatic nitrogens is 4. The second-order valence-corrected chi connectivity index (χ2v) is 5.62. The van der Waals surface area contributed by atoms with Crippen molar-refractivity contribution in [1.29, 1.82) is 0 Å². The third kappa shape index (κ3) is 3.29. The van der Waals surface area contributed by atoms with Crippen molar-refractivity contribution in [3.05, 3.63) is 52.8 Å². The first-order valence-corrected chi connectivity index (χ1v) is 7.68. The Labute approximate surface area is 139 Å². The normalized spacial score (nSPS) is 10.7. The molecule has 2 N–H and O–H groups in total. The van der Waals surface area contributed by atoms with Gasteiger partial charge in [0, 0.05) is 16.8 Å². The number of hydrogen-bond acceptors (Lipinski definition) is 5. The van der Waals surface area contributed by atoms with Crippen LogP contribution < -0.4 is 5.73 Å². The molecule has 3 rings (SSSR count). The Morgan fingerprint density at radius 2 is 1.70 bits per heavy atom. The van der Waals surface area contributed by atoms with Crippen LogP contribution in [0.1, 0.15) is 18.2 Å². The number of hydrogen-bond donors (Lipinski definition) is 1. The van der Waals surface area contributed by atoms with Crippen LogP contribution in [0, 0.1) is 6.92 Å². The van der Waals surface area contributed by atoms with Crippen molar-refractivity contribution in [3.8, 4) is 22.5 Å². The molecule has 0 atom stereocenters. The third-order valence-electron chi connectivity index (χ3n) is 3.53. The Balaban J connectivity index is 2.17. The van der Waals surface area contributed by atoms with E-state index in [9.17, 15) is 0 Å². The Morgan fingerprint density at radius 1 is 0.957 bits per heavy atom. The highest BCUT2D eigenvalue weighted by molar-refractivity contribution is 6.29. The maximum Gasteiger partial charge on any atom is 0.240 e. The fourth-order valence-corrected chi connectivity index (χ4v) is 2.65. The molecule has 0 aliphatic carbocycles. The number of aryl methyl sites for hydroxylation is 2. The monoisotopic (exact) mass is 325 g/mol. The lowest BCUT2D eigenvalue weighted by atomic mass is 10.0. The van der Waals surface area contributed by atoms with E-state index in [1.54, 1.807) is 6.07 Å². The first kappa shape index (κ1) is 15.4. The summed E-state index contributed by atoms with van der Waals surface area (Å²) in [6.45, 7) is 4.00. The minimum atomic E-state index is 0.139. The number of halogens is 1. The van der Waals surface area contributed by atoms with Gasteiger partial charge in [-0.15, -0.1) is 10.2 Å². The van der Waals surface area contributed by atoms with E-state index in [0.29, 0.717) is 16.5 Å².